The summed E-state index contributed by atoms with van der Waals surface area (Å²) < 4.78 is 5.14. The summed E-state index contributed by atoms with van der Waals surface area (Å²) in [6, 6.07) is 8.05. The second kappa shape index (κ2) is 5.45. The summed E-state index contributed by atoms with van der Waals surface area (Å²) in [5, 5.41) is 3.30. The Morgan fingerprint density at radius 2 is 2.29 bits per heavy atom. The van der Waals surface area contributed by atoms with Crippen LogP contribution in [0.25, 0.3) is 0 Å². The predicted octanol–water partition coefficient (Wildman–Crippen LogP) is 2.36. The first-order valence-corrected chi connectivity index (χ1v) is 4.70. The molecule has 0 amide bonds. The Kier molecular flexibility index (Phi) is 4.20. The molecule has 1 aromatic carbocycles. The molecule has 2 heteroatoms. The van der Waals surface area contributed by atoms with E-state index in [1.54, 1.807) is 7.11 Å². The lowest BCUT2D eigenvalue weighted by atomic mass is 10.2. The van der Waals surface area contributed by atoms with Gasteiger partial charge in [-0.3, -0.25) is 0 Å². The molecule has 14 heavy (non-hydrogen) atoms. The number of rotatable bonds is 5. The van der Waals surface area contributed by atoms with Crippen LogP contribution in [-0.4, -0.2) is 13.7 Å². The third kappa shape index (κ3) is 3.62. The van der Waals surface area contributed by atoms with Crippen LogP contribution in [0, 0.1) is 0 Å². The molecule has 2 nitrogen and oxygen atoms in total. The third-order valence-electron chi connectivity index (χ3n) is 1.89. The first-order valence-electron chi connectivity index (χ1n) is 4.70. The molecule has 0 bridgehead atoms. The molecule has 0 aromatic heterocycles. The summed E-state index contributed by atoms with van der Waals surface area (Å²) in [7, 11) is 1.68. The number of ether oxygens (including phenoxy) is 1. The van der Waals surface area contributed by atoms with E-state index in [0.29, 0.717) is 0 Å². The van der Waals surface area contributed by atoms with Gasteiger partial charge in [-0.05, 0) is 24.6 Å². The Morgan fingerprint density at radius 3 is 2.93 bits per heavy atom. The molecule has 0 fully saturated rings. The maximum atomic E-state index is 5.14. The molecule has 0 saturated carbocycles. The largest absolute Gasteiger partial charge is 0.497 e. The van der Waals surface area contributed by atoms with Crippen LogP contribution in [0.1, 0.15) is 12.5 Å². The lowest BCUT2D eigenvalue weighted by Gasteiger charge is -2.06. The minimum absolute atomic E-state index is 0.851. The zero-order valence-electron chi connectivity index (χ0n) is 8.84. The molecule has 1 N–H and O–H groups in total. The van der Waals surface area contributed by atoms with Crippen molar-refractivity contribution in [3.8, 4) is 5.75 Å². The summed E-state index contributed by atoms with van der Waals surface area (Å²) in [6.07, 6.45) is 0. The average molecular weight is 191 g/mol. The van der Waals surface area contributed by atoms with Crippen LogP contribution >= 0.6 is 0 Å². The number of methoxy groups -OCH3 is 1. The van der Waals surface area contributed by atoms with Crippen LogP contribution in [0.15, 0.2) is 36.4 Å². The molecule has 1 aromatic rings. The molecule has 0 spiro atoms. The fourth-order valence-corrected chi connectivity index (χ4v) is 1.20. The van der Waals surface area contributed by atoms with Crippen LogP contribution in [-0.2, 0) is 6.54 Å². The van der Waals surface area contributed by atoms with E-state index < -0.39 is 0 Å². The Hall–Kier alpha value is -1.28. The van der Waals surface area contributed by atoms with E-state index in [-0.39, 0.29) is 0 Å². The van der Waals surface area contributed by atoms with Crippen molar-refractivity contribution in [2.75, 3.05) is 13.7 Å². The van der Waals surface area contributed by atoms with Crippen LogP contribution in [0.3, 0.4) is 0 Å². The van der Waals surface area contributed by atoms with Crippen LogP contribution in [0.2, 0.25) is 0 Å². The third-order valence-corrected chi connectivity index (χ3v) is 1.89. The van der Waals surface area contributed by atoms with Crippen molar-refractivity contribution in [2.45, 2.75) is 13.5 Å². The second-order valence-corrected chi connectivity index (χ2v) is 3.41. The van der Waals surface area contributed by atoms with Crippen molar-refractivity contribution in [1.82, 2.24) is 5.32 Å². The summed E-state index contributed by atoms with van der Waals surface area (Å²) in [5.74, 6) is 0.902. The maximum Gasteiger partial charge on any atom is 0.119 e. The molecule has 0 aliphatic carbocycles. The molecule has 0 atom stereocenters. The zero-order valence-corrected chi connectivity index (χ0v) is 8.84. The van der Waals surface area contributed by atoms with E-state index in [1.165, 1.54) is 5.56 Å². The van der Waals surface area contributed by atoms with Gasteiger partial charge in [0.05, 0.1) is 7.11 Å². The maximum absolute atomic E-state index is 5.14. The number of nitrogens with one attached hydrogen (secondary N) is 1. The van der Waals surface area contributed by atoms with E-state index in [2.05, 4.69) is 18.0 Å². The summed E-state index contributed by atoms with van der Waals surface area (Å²) in [6.45, 7) is 7.55. The molecule has 0 saturated heterocycles. The van der Waals surface area contributed by atoms with Gasteiger partial charge in [0.25, 0.3) is 0 Å². The van der Waals surface area contributed by atoms with Crippen molar-refractivity contribution in [2.24, 2.45) is 0 Å². The lowest BCUT2D eigenvalue weighted by Crippen LogP contribution is -2.15. The SMILES string of the molecule is C=C(C)CNCc1cccc(OC)c1. The highest BCUT2D eigenvalue weighted by molar-refractivity contribution is 5.28. The van der Waals surface area contributed by atoms with Gasteiger partial charge in [0.1, 0.15) is 5.75 Å². The molecule has 0 aliphatic heterocycles. The molecular weight excluding hydrogens is 174 g/mol. The van der Waals surface area contributed by atoms with Crippen LogP contribution < -0.4 is 10.1 Å². The lowest BCUT2D eigenvalue weighted by molar-refractivity contribution is 0.414. The van der Waals surface area contributed by atoms with Crippen molar-refractivity contribution in [1.29, 1.82) is 0 Å². The average Bonchev–Trinajstić information content (AvgIpc) is 2.18. The van der Waals surface area contributed by atoms with Gasteiger partial charge in [-0.25, -0.2) is 0 Å². The number of hydrogen-bond acceptors (Lipinski definition) is 2. The Morgan fingerprint density at radius 1 is 1.50 bits per heavy atom. The normalized spacial score (nSPS) is 9.86. The summed E-state index contributed by atoms with van der Waals surface area (Å²) >= 11 is 0. The fourth-order valence-electron chi connectivity index (χ4n) is 1.20. The Balaban J connectivity index is 2.46. The van der Waals surface area contributed by atoms with Crippen molar-refractivity contribution >= 4 is 0 Å². The monoisotopic (exact) mass is 191 g/mol. The Labute approximate surface area is 85.6 Å². The quantitative estimate of drug-likeness (QED) is 0.721. The van der Waals surface area contributed by atoms with Gasteiger partial charge in [0.15, 0.2) is 0 Å². The molecule has 0 radical (unpaired) electrons. The summed E-state index contributed by atoms with van der Waals surface area (Å²) in [5.41, 5.74) is 2.37. The van der Waals surface area contributed by atoms with Crippen molar-refractivity contribution < 1.29 is 4.74 Å². The minimum Gasteiger partial charge on any atom is -0.497 e. The van der Waals surface area contributed by atoms with Crippen molar-refractivity contribution in [3.05, 3.63) is 42.0 Å². The molecular formula is C12H17NO. The Bertz CT molecular complexity index is 307. The molecule has 0 unspecified atom stereocenters. The van der Waals surface area contributed by atoms with Crippen LogP contribution in [0.4, 0.5) is 0 Å². The van der Waals surface area contributed by atoms with Gasteiger partial charge in [0, 0.05) is 13.1 Å². The minimum atomic E-state index is 0.851. The fraction of sp³-hybridized carbons (Fsp3) is 0.333. The number of hydrogen-bond donors (Lipinski definition) is 1. The molecule has 76 valence electrons. The topological polar surface area (TPSA) is 21.3 Å². The van der Waals surface area contributed by atoms with E-state index >= 15 is 0 Å². The van der Waals surface area contributed by atoms with Crippen LogP contribution in [0.5, 0.6) is 5.75 Å². The molecule has 0 aliphatic rings. The van der Waals surface area contributed by atoms with E-state index in [4.69, 9.17) is 4.74 Å². The van der Waals surface area contributed by atoms with E-state index in [1.807, 2.05) is 25.1 Å². The highest BCUT2D eigenvalue weighted by Gasteiger charge is 1.94. The highest BCUT2D eigenvalue weighted by Crippen LogP contribution is 2.11. The number of benzene rings is 1. The van der Waals surface area contributed by atoms with E-state index in [9.17, 15) is 0 Å². The first kappa shape index (κ1) is 10.8. The predicted molar refractivity (Wildman–Crippen MR) is 59.5 cm³/mol. The van der Waals surface area contributed by atoms with Gasteiger partial charge in [-0.15, -0.1) is 0 Å². The van der Waals surface area contributed by atoms with Gasteiger partial charge < -0.3 is 10.1 Å². The van der Waals surface area contributed by atoms with Gasteiger partial charge in [-0.1, -0.05) is 24.3 Å². The molecule has 0 heterocycles. The smallest absolute Gasteiger partial charge is 0.119 e. The standard InChI is InChI=1S/C12H17NO/c1-10(2)8-13-9-11-5-4-6-12(7-11)14-3/h4-7,13H,1,8-9H2,2-3H3. The van der Waals surface area contributed by atoms with E-state index in [0.717, 1.165) is 24.4 Å². The second-order valence-electron chi connectivity index (χ2n) is 3.41. The zero-order chi connectivity index (χ0) is 10.4. The van der Waals surface area contributed by atoms with Gasteiger partial charge in [-0.2, -0.15) is 0 Å². The van der Waals surface area contributed by atoms with Gasteiger partial charge >= 0.3 is 0 Å². The first-order chi connectivity index (χ1) is 6.72. The summed E-state index contributed by atoms with van der Waals surface area (Å²) in [4.78, 5) is 0. The highest BCUT2D eigenvalue weighted by atomic mass is 16.5. The van der Waals surface area contributed by atoms with Crippen molar-refractivity contribution in [3.63, 3.8) is 0 Å². The molecule has 1 rings (SSSR count). The van der Waals surface area contributed by atoms with Gasteiger partial charge in [0.2, 0.25) is 0 Å².